The summed E-state index contributed by atoms with van der Waals surface area (Å²) in [4.78, 5) is 30.3. The number of H-pyrrole nitrogens is 1. The summed E-state index contributed by atoms with van der Waals surface area (Å²) in [6, 6.07) is 20.8. The van der Waals surface area contributed by atoms with Crippen molar-refractivity contribution in [3.8, 4) is 22.6 Å². The number of esters is 1. The zero-order valence-corrected chi connectivity index (χ0v) is 15.7. The number of carbonyl (C=O) groups excluding carboxylic acids is 1. The van der Waals surface area contributed by atoms with Gasteiger partial charge in [-0.15, -0.1) is 0 Å². The minimum Gasteiger partial charge on any atom is -0.477 e. The molecular formula is C23H18N2O4. The lowest BCUT2D eigenvalue weighted by atomic mass is 10.0. The number of aromatic nitrogens is 2. The van der Waals surface area contributed by atoms with Gasteiger partial charge in [0.15, 0.2) is 5.69 Å². The second-order valence-electron chi connectivity index (χ2n) is 6.62. The minimum absolute atomic E-state index is 0.0284. The highest BCUT2D eigenvalue weighted by atomic mass is 16.5. The fourth-order valence-electron chi connectivity index (χ4n) is 3.24. The SMILES string of the molecule is CC(=O)OCc1ccc(-c2nc(-c3cccc4ccccc34)[nH]c2C(=O)O)cc1. The van der Waals surface area contributed by atoms with E-state index in [1.54, 1.807) is 24.3 Å². The van der Waals surface area contributed by atoms with Gasteiger partial charge >= 0.3 is 11.9 Å². The second kappa shape index (κ2) is 7.59. The molecule has 0 atom stereocenters. The molecular weight excluding hydrogens is 368 g/mol. The topological polar surface area (TPSA) is 92.3 Å². The lowest BCUT2D eigenvalue weighted by molar-refractivity contribution is -0.142. The fourth-order valence-corrected chi connectivity index (χ4v) is 3.24. The third-order valence-electron chi connectivity index (χ3n) is 4.63. The van der Waals surface area contributed by atoms with Crippen molar-refractivity contribution >= 4 is 22.7 Å². The maximum atomic E-state index is 11.8. The summed E-state index contributed by atoms with van der Waals surface area (Å²) in [5.41, 5.74) is 2.70. The summed E-state index contributed by atoms with van der Waals surface area (Å²) in [7, 11) is 0. The van der Waals surface area contributed by atoms with Crippen molar-refractivity contribution in [1.82, 2.24) is 9.97 Å². The van der Waals surface area contributed by atoms with Gasteiger partial charge in [-0.1, -0.05) is 66.7 Å². The van der Waals surface area contributed by atoms with Crippen LogP contribution in [0.2, 0.25) is 0 Å². The second-order valence-corrected chi connectivity index (χ2v) is 6.62. The number of imidazole rings is 1. The van der Waals surface area contributed by atoms with Crippen LogP contribution in [0.5, 0.6) is 0 Å². The Kier molecular flexibility index (Phi) is 4.83. The van der Waals surface area contributed by atoms with Crippen LogP contribution < -0.4 is 0 Å². The summed E-state index contributed by atoms with van der Waals surface area (Å²) in [6.45, 7) is 1.52. The molecule has 1 aromatic heterocycles. The first-order valence-electron chi connectivity index (χ1n) is 9.07. The molecule has 0 bridgehead atoms. The van der Waals surface area contributed by atoms with Crippen molar-refractivity contribution < 1.29 is 19.4 Å². The van der Waals surface area contributed by atoms with Crippen molar-refractivity contribution in [3.05, 3.63) is 78.0 Å². The highest BCUT2D eigenvalue weighted by molar-refractivity contribution is 5.98. The Morgan fingerprint density at radius 1 is 1.00 bits per heavy atom. The molecule has 29 heavy (non-hydrogen) atoms. The standard InChI is InChI=1S/C23H18N2O4/c1-14(26)29-13-15-9-11-17(12-10-15)20-21(23(27)28)25-22(24-20)19-8-4-6-16-5-2-3-7-18(16)19/h2-12H,13H2,1H3,(H,24,25)(H,27,28). The average molecular weight is 386 g/mol. The molecule has 0 aliphatic heterocycles. The fraction of sp³-hybridized carbons (Fsp3) is 0.0870. The highest BCUT2D eigenvalue weighted by Gasteiger charge is 2.19. The van der Waals surface area contributed by atoms with Crippen LogP contribution in [0.1, 0.15) is 23.0 Å². The lowest BCUT2D eigenvalue weighted by Gasteiger charge is -2.04. The van der Waals surface area contributed by atoms with Gasteiger partial charge in [0.25, 0.3) is 0 Å². The summed E-state index contributed by atoms with van der Waals surface area (Å²) >= 11 is 0. The molecule has 0 amide bonds. The van der Waals surface area contributed by atoms with Crippen LogP contribution in [0.4, 0.5) is 0 Å². The first-order valence-corrected chi connectivity index (χ1v) is 9.07. The molecule has 6 heteroatoms. The van der Waals surface area contributed by atoms with Crippen LogP contribution in [0.25, 0.3) is 33.4 Å². The number of rotatable bonds is 5. The molecule has 0 saturated carbocycles. The third-order valence-corrected chi connectivity index (χ3v) is 4.63. The summed E-state index contributed by atoms with van der Waals surface area (Å²) < 4.78 is 4.98. The number of aromatic carboxylic acids is 1. The van der Waals surface area contributed by atoms with E-state index in [2.05, 4.69) is 9.97 Å². The molecule has 4 rings (SSSR count). The molecule has 1 heterocycles. The number of benzene rings is 3. The zero-order valence-electron chi connectivity index (χ0n) is 15.7. The van der Waals surface area contributed by atoms with Gasteiger partial charge in [0.05, 0.1) is 0 Å². The first-order chi connectivity index (χ1) is 14.0. The van der Waals surface area contributed by atoms with E-state index >= 15 is 0 Å². The van der Waals surface area contributed by atoms with Crippen molar-refractivity contribution in [3.63, 3.8) is 0 Å². The molecule has 2 N–H and O–H groups in total. The summed E-state index contributed by atoms with van der Waals surface area (Å²) in [6.07, 6.45) is 0. The van der Waals surface area contributed by atoms with E-state index in [1.165, 1.54) is 6.92 Å². The lowest BCUT2D eigenvalue weighted by Crippen LogP contribution is -2.00. The highest BCUT2D eigenvalue weighted by Crippen LogP contribution is 2.31. The monoisotopic (exact) mass is 386 g/mol. The number of carbonyl (C=O) groups is 2. The van der Waals surface area contributed by atoms with E-state index in [1.807, 2.05) is 42.5 Å². The van der Waals surface area contributed by atoms with Crippen LogP contribution in [-0.2, 0) is 16.1 Å². The third kappa shape index (κ3) is 3.73. The molecule has 4 aromatic rings. The molecule has 0 aliphatic carbocycles. The van der Waals surface area contributed by atoms with Crippen LogP contribution in [0.15, 0.2) is 66.7 Å². The predicted octanol–water partition coefficient (Wildman–Crippen LogP) is 4.66. The Hall–Kier alpha value is -3.93. The van der Waals surface area contributed by atoms with Crippen molar-refractivity contribution in [1.29, 1.82) is 0 Å². The number of carboxylic acid groups (broad SMARTS) is 1. The van der Waals surface area contributed by atoms with E-state index < -0.39 is 5.97 Å². The maximum Gasteiger partial charge on any atom is 0.354 e. The maximum absolute atomic E-state index is 11.8. The Balaban J connectivity index is 1.76. The summed E-state index contributed by atoms with van der Waals surface area (Å²) in [5, 5.41) is 11.7. The van der Waals surface area contributed by atoms with Gasteiger partial charge < -0.3 is 14.8 Å². The van der Waals surface area contributed by atoms with Gasteiger partial charge in [0, 0.05) is 18.1 Å². The van der Waals surface area contributed by atoms with E-state index in [0.29, 0.717) is 17.1 Å². The van der Waals surface area contributed by atoms with Gasteiger partial charge in [-0.05, 0) is 16.3 Å². The minimum atomic E-state index is -1.08. The van der Waals surface area contributed by atoms with E-state index in [9.17, 15) is 14.7 Å². The van der Waals surface area contributed by atoms with Gasteiger partial charge in [0.1, 0.15) is 18.1 Å². The Morgan fingerprint density at radius 2 is 1.72 bits per heavy atom. The molecule has 0 unspecified atom stereocenters. The van der Waals surface area contributed by atoms with E-state index in [0.717, 1.165) is 21.9 Å². The number of nitrogens with zero attached hydrogens (tertiary/aromatic N) is 1. The van der Waals surface area contributed by atoms with Gasteiger partial charge in [-0.2, -0.15) is 0 Å². The number of carboxylic acids is 1. The average Bonchev–Trinajstić information content (AvgIpc) is 3.18. The molecule has 0 spiro atoms. The molecule has 0 radical (unpaired) electrons. The molecule has 0 saturated heterocycles. The zero-order chi connectivity index (χ0) is 20.4. The van der Waals surface area contributed by atoms with Crippen LogP contribution in [0.3, 0.4) is 0 Å². The van der Waals surface area contributed by atoms with Crippen LogP contribution in [0, 0.1) is 0 Å². The Bertz CT molecular complexity index is 1200. The largest absolute Gasteiger partial charge is 0.477 e. The number of hydrogen-bond donors (Lipinski definition) is 2. The molecule has 0 aliphatic rings. The van der Waals surface area contributed by atoms with Crippen LogP contribution >= 0.6 is 0 Å². The van der Waals surface area contributed by atoms with E-state index in [-0.39, 0.29) is 18.3 Å². The van der Waals surface area contributed by atoms with Crippen molar-refractivity contribution in [2.24, 2.45) is 0 Å². The van der Waals surface area contributed by atoms with Gasteiger partial charge in [0.2, 0.25) is 0 Å². The quantitative estimate of drug-likeness (QED) is 0.487. The number of ether oxygens (including phenoxy) is 1. The Labute approximate surface area is 166 Å². The normalized spacial score (nSPS) is 10.8. The van der Waals surface area contributed by atoms with E-state index in [4.69, 9.17) is 4.74 Å². The van der Waals surface area contributed by atoms with Gasteiger partial charge in [-0.25, -0.2) is 9.78 Å². The predicted molar refractivity (Wildman–Crippen MR) is 109 cm³/mol. The molecule has 6 nitrogen and oxygen atoms in total. The number of aromatic amines is 1. The number of nitrogens with one attached hydrogen (secondary N) is 1. The van der Waals surface area contributed by atoms with Crippen molar-refractivity contribution in [2.75, 3.05) is 0 Å². The van der Waals surface area contributed by atoms with Gasteiger partial charge in [-0.3, -0.25) is 4.79 Å². The number of hydrogen-bond acceptors (Lipinski definition) is 4. The molecule has 0 fully saturated rings. The Morgan fingerprint density at radius 3 is 2.45 bits per heavy atom. The first kappa shape index (κ1) is 18.4. The smallest absolute Gasteiger partial charge is 0.354 e. The molecule has 144 valence electrons. The number of fused-ring (bicyclic) bond motifs is 1. The summed E-state index contributed by atoms with van der Waals surface area (Å²) in [5.74, 6) is -0.935. The van der Waals surface area contributed by atoms with Crippen LogP contribution in [-0.4, -0.2) is 27.0 Å². The van der Waals surface area contributed by atoms with Crippen molar-refractivity contribution in [2.45, 2.75) is 13.5 Å². The molecule has 3 aromatic carbocycles.